The third-order valence-electron chi connectivity index (χ3n) is 2.73. The van der Waals surface area contributed by atoms with Gasteiger partial charge in [0.1, 0.15) is 0 Å². The molecular weight excluding hydrogens is 164 g/mol. The van der Waals surface area contributed by atoms with Crippen molar-refractivity contribution in [1.29, 1.82) is 0 Å². The molecule has 1 aliphatic heterocycles. The average molecular weight is 180 g/mol. The molecule has 0 bridgehead atoms. The highest BCUT2D eigenvalue weighted by Crippen LogP contribution is 2.11. The molecule has 2 aliphatic rings. The van der Waals surface area contributed by atoms with Crippen molar-refractivity contribution in [2.24, 2.45) is 0 Å². The van der Waals surface area contributed by atoms with Crippen LogP contribution in [0.15, 0.2) is 12.2 Å². The van der Waals surface area contributed by atoms with E-state index in [9.17, 15) is 4.79 Å². The molecule has 1 atom stereocenters. The Morgan fingerprint density at radius 1 is 1.38 bits per heavy atom. The lowest BCUT2D eigenvalue weighted by Gasteiger charge is -2.15. The predicted molar refractivity (Wildman–Crippen MR) is 51.3 cm³/mol. The lowest BCUT2D eigenvalue weighted by Crippen LogP contribution is -2.44. The van der Waals surface area contributed by atoms with E-state index in [1.165, 1.54) is 0 Å². The maximum atomic E-state index is 11.6. The Bertz CT molecular complexity index is 211. The fourth-order valence-corrected chi connectivity index (χ4v) is 1.95. The summed E-state index contributed by atoms with van der Waals surface area (Å²) in [5.74, 6) is 0.186. The normalized spacial score (nSPS) is 28.2. The zero-order valence-corrected chi connectivity index (χ0v) is 7.75. The third-order valence-corrected chi connectivity index (χ3v) is 2.73. The molecule has 1 amide bonds. The molecule has 0 unspecified atom stereocenters. The van der Waals surface area contributed by atoms with Gasteiger partial charge in [0, 0.05) is 6.04 Å². The van der Waals surface area contributed by atoms with Gasteiger partial charge in [0.15, 0.2) is 0 Å². The first-order valence-corrected chi connectivity index (χ1v) is 5.05. The van der Waals surface area contributed by atoms with Gasteiger partial charge in [-0.1, -0.05) is 12.2 Å². The van der Waals surface area contributed by atoms with E-state index in [2.05, 4.69) is 22.8 Å². The summed E-state index contributed by atoms with van der Waals surface area (Å²) in [6, 6.07) is 0.426. The van der Waals surface area contributed by atoms with Crippen LogP contribution in [-0.4, -0.2) is 24.5 Å². The first-order valence-electron chi connectivity index (χ1n) is 5.05. The first-order chi connectivity index (χ1) is 6.36. The van der Waals surface area contributed by atoms with Crippen molar-refractivity contribution < 1.29 is 4.79 Å². The molecule has 3 nitrogen and oxygen atoms in total. The topological polar surface area (TPSA) is 41.1 Å². The molecule has 1 aliphatic carbocycles. The molecule has 3 heteroatoms. The van der Waals surface area contributed by atoms with Crippen LogP contribution in [-0.2, 0) is 4.79 Å². The minimum atomic E-state index is 0.0700. The van der Waals surface area contributed by atoms with Crippen molar-refractivity contribution in [3.05, 3.63) is 12.2 Å². The molecule has 1 saturated heterocycles. The van der Waals surface area contributed by atoms with Crippen molar-refractivity contribution in [1.82, 2.24) is 10.6 Å². The average Bonchev–Trinajstić information content (AvgIpc) is 2.74. The van der Waals surface area contributed by atoms with Crippen LogP contribution in [0.5, 0.6) is 0 Å². The molecule has 0 spiro atoms. The van der Waals surface area contributed by atoms with Crippen LogP contribution in [0.4, 0.5) is 0 Å². The highest BCUT2D eigenvalue weighted by Gasteiger charge is 2.24. The second kappa shape index (κ2) is 3.92. The van der Waals surface area contributed by atoms with E-state index in [-0.39, 0.29) is 11.9 Å². The monoisotopic (exact) mass is 180 g/mol. The molecule has 0 saturated carbocycles. The van der Waals surface area contributed by atoms with Crippen LogP contribution in [0, 0.1) is 0 Å². The van der Waals surface area contributed by atoms with Crippen LogP contribution in [0.25, 0.3) is 0 Å². The summed E-state index contributed by atoms with van der Waals surface area (Å²) in [6.07, 6.45) is 8.38. The van der Waals surface area contributed by atoms with Crippen molar-refractivity contribution in [2.45, 2.75) is 37.8 Å². The largest absolute Gasteiger partial charge is 0.351 e. The summed E-state index contributed by atoms with van der Waals surface area (Å²) in [7, 11) is 0. The summed E-state index contributed by atoms with van der Waals surface area (Å²) in [4.78, 5) is 11.6. The van der Waals surface area contributed by atoms with Gasteiger partial charge >= 0.3 is 0 Å². The lowest BCUT2D eigenvalue weighted by molar-refractivity contribution is -0.123. The number of hydrogen-bond donors (Lipinski definition) is 2. The van der Waals surface area contributed by atoms with Gasteiger partial charge < -0.3 is 10.6 Å². The van der Waals surface area contributed by atoms with Gasteiger partial charge in [0.2, 0.25) is 5.91 Å². The van der Waals surface area contributed by atoms with Gasteiger partial charge in [-0.25, -0.2) is 0 Å². The Morgan fingerprint density at radius 3 is 2.77 bits per heavy atom. The van der Waals surface area contributed by atoms with Crippen LogP contribution in [0.1, 0.15) is 25.7 Å². The van der Waals surface area contributed by atoms with Crippen LogP contribution >= 0.6 is 0 Å². The molecule has 1 fully saturated rings. The second-order valence-electron chi connectivity index (χ2n) is 3.80. The van der Waals surface area contributed by atoms with E-state index >= 15 is 0 Å². The fourth-order valence-electron chi connectivity index (χ4n) is 1.95. The zero-order chi connectivity index (χ0) is 9.10. The van der Waals surface area contributed by atoms with Crippen LogP contribution in [0.3, 0.4) is 0 Å². The van der Waals surface area contributed by atoms with Gasteiger partial charge in [0.25, 0.3) is 0 Å². The van der Waals surface area contributed by atoms with Crippen LogP contribution < -0.4 is 10.6 Å². The number of hydrogen-bond acceptors (Lipinski definition) is 2. The fraction of sp³-hybridized carbons (Fsp3) is 0.700. The minimum absolute atomic E-state index is 0.0700. The maximum absolute atomic E-state index is 11.6. The molecule has 2 N–H and O–H groups in total. The van der Waals surface area contributed by atoms with Gasteiger partial charge in [0.05, 0.1) is 6.04 Å². The number of nitrogens with one attached hydrogen (secondary N) is 2. The van der Waals surface area contributed by atoms with E-state index in [0.717, 1.165) is 32.2 Å². The molecule has 0 aromatic carbocycles. The highest BCUT2D eigenvalue weighted by molar-refractivity contribution is 5.82. The number of carbonyl (C=O) groups is 1. The third kappa shape index (κ3) is 2.10. The molecule has 0 aromatic rings. The molecule has 0 radical (unpaired) electrons. The molecule has 0 aromatic heterocycles. The van der Waals surface area contributed by atoms with E-state index in [0.29, 0.717) is 6.04 Å². The number of carbonyl (C=O) groups excluding carboxylic acids is 1. The first kappa shape index (κ1) is 8.75. The molecule has 1 heterocycles. The van der Waals surface area contributed by atoms with Crippen molar-refractivity contribution in [3.63, 3.8) is 0 Å². The Hall–Kier alpha value is -0.830. The second-order valence-corrected chi connectivity index (χ2v) is 3.80. The SMILES string of the molecule is O=C(NC1CC=CC1)[C@H]1CCCN1. The van der Waals surface area contributed by atoms with Gasteiger partial charge in [-0.2, -0.15) is 0 Å². The zero-order valence-electron chi connectivity index (χ0n) is 7.75. The van der Waals surface area contributed by atoms with E-state index in [1.807, 2.05) is 0 Å². The van der Waals surface area contributed by atoms with E-state index in [1.54, 1.807) is 0 Å². The molecule has 13 heavy (non-hydrogen) atoms. The maximum Gasteiger partial charge on any atom is 0.237 e. The highest BCUT2D eigenvalue weighted by atomic mass is 16.2. The molecule has 2 rings (SSSR count). The quantitative estimate of drug-likeness (QED) is 0.610. The Kier molecular flexibility index (Phi) is 2.64. The Labute approximate surface area is 78.6 Å². The summed E-state index contributed by atoms with van der Waals surface area (Å²) >= 11 is 0. The standard InChI is InChI=1S/C10H16N2O/c13-10(9-6-3-7-11-9)12-8-4-1-2-5-8/h1-2,8-9,11H,3-7H2,(H,12,13)/t9-/m1/s1. The summed E-state index contributed by atoms with van der Waals surface area (Å²) < 4.78 is 0. The van der Waals surface area contributed by atoms with Crippen molar-refractivity contribution >= 4 is 5.91 Å². The van der Waals surface area contributed by atoms with Gasteiger partial charge in [-0.05, 0) is 32.2 Å². The minimum Gasteiger partial charge on any atom is -0.351 e. The van der Waals surface area contributed by atoms with Crippen LogP contribution in [0.2, 0.25) is 0 Å². The Balaban J connectivity index is 1.77. The predicted octanol–water partition coefficient (Wildman–Crippen LogP) is 0.573. The molecular formula is C10H16N2O. The number of amides is 1. The smallest absolute Gasteiger partial charge is 0.237 e. The summed E-state index contributed by atoms with van der Waals surface area (Å²) in [5.41, 5.74) is 0. The Morgan fingerprint density at radius 2 is 2.15 bits per heavy atom. The summed E-state index contributed by atoms with van der Waals surface area (Å²) in [5, 5.41) is 6.25. The molecule has 72 valence electrons. The summed E-state index contributed by atoms with van der Waals surface area (Å²) in [6.45, 7) is 0.987. The van der Waals surface area contributed by atoms with Gasteiger partial charge in [-0.15, -0.1) is 0 Å². The van der Waals surface area contributed by atoms with Crippen molar-refractivity contribution in [3.8, 4) is 0 Å². The van der Waals surface area contributed by atoms with E-state index < -0.39 is 0 Å². The van der Waals surface area contributed by atoms with E-state index in [4.69, 9.17) is 0 Å². The van der Waals surface area contributed by atoms with Crippen molar-refractivity contribution in [2.75, 3.05) is 6.54 Å². The number of rotatable bonds is 2. The lowest BCUT2D eigenvalue weighted by atomic mass is 10.2. The van der Waals surface area contributed by atoms with Gasteiger partial charge in [-0.3, -0.25) is 4.79 Å².